The Morgan fingerprint density at radius 2 is 1.73 bits per heavy atom. The van der Waals surface area contributed by atoms with Gasteiger partial charge >= 0.3 is 24.1 Å². The van der Waals surface area contributed by atoms with Gasteiger partial charge in [-0.25, -0.2) is 19.4 Å². The van der Waals surface area contributed by atoms with E-state index in [1.165, 1.54) is 17.0 Å². The third-order valence-corrected chi connectivity index (χ3v) is 5.83. The van der Waals surface area contributed by atoms with Gasteiger partial charge in [0.25, 0.3) is 5.91 Å². The maximum absolute atomic E-state index is 12.8. The first-order valence-corrected chi connectivity index (χ1v) is 12.9. The molecule has 14 nitrogen and oxygen atoms in total. The Bertz CT molecular complexity index is 1340. The molecule has 1 unspecified atom stereocenters. The number of imidazole rings is 1. The fourth-order valence-electron chi connectivity index (χ4n) is 3.70. The number of hydrogen-bond donors (Lipinski definition) is 6. The topological polar surface area (TPSA) is 203 Å². The van der Waals surface area contributed by atoms with Crippen LogP contribution in [0, 0.1) is 0 Å². The van der Waals surface area contributed by atoms with Crippen LogP contribution in [0.3, 0.4) is 0 Å². The molecule has 14 heteroatoms. The number of carboxylic acid groups (broad SMARTS) is 2. The largest absolute Gasteiger partial charge is 0.480 e. The molecule has 1 aromatic heterocycles. The van der Waals surface area contributed by atoms with Crippen molar-refractivity contribution in [3.63, 3.8) is 0 Å². The van der Waals surface area contributed by atoms with Crippen LogP contribution in [0.1, 0.15) is 41.5 Å². The van der Waals surface area contributed by atoms with Crippen LogP contribution in [-0.2, 0) is 27.4 Å². The average molecular weight is 569 g/mol. The van der Waals surface area contributed by atoms with E-state index in [9.17, 15) is 29.1 Å². The summed E-state index contributed by atoms with van der Waals surface area (Å²) in [5, 5.41) is 25.3. The molecule has 0 saturated carbocycles. The number of nitrogens with one attached hydrogen (secondary N) is 4. The first kappa shape index (κ1) is 30.4. The predicted octanol–water partition coefficient (Wildman–Crippen LogP) is 2.07. The zero-order valence-electron chi connectivity index (χ0n) is 22.4. The highest BCUT2D eigenvalue weighted by atomic mass is 16.5. The number of hydrogen-bond acceptors (Lipinski definition) is 7. The number of unbranched alkanes of at least 4 members (excludes halogenated alkanes) is 1. The van der Waals surface area contributed by atoms with E-state index < -0.39 is 42.6 Å². The Morgan fingerprint density at radius 3 is 2.39 bits per heavy atom. The summed E-state index contributed by atoms with van der Waals surface area (Å²) in [5.74, 6) is -2.59. The van der Waals surface area contributed by atoms with Gasteiger partial charge in [0.1, 0.15) is 18.4 Å². The Labute approximate surface area is 235 Å². The van der Waals surface area contributed by atoms with E-state index in [0.29, 0.717) is 17.8 Å². The van der Waals surface area contributed by atoms with Crippen molar-refractivity contribution in [2.45, 2.75) is 38.9 Å². The second-order valence-electron chi connectivity index (χ2n) is 9.04. The lowest BCUT2D eigenvalue weighted by molar-refractivity contribution is -0.139. The Hall–Kier alpha value is -5.14. The van der Waals surface area contributed by atoms with Crippen LogP contribution >= 0.6 is 0 Å². The number of carbonyl (C=O) groups excluding carboxylic acids is 3. The van der Waals surface area contributed by atoms with E-state index >= 15 is 0 Å². The quantitative estimate of drug-likeness (QED) is 0.157. The van der Waals surface area contributed by atoms with E-state index in [0.717, 1.165) is 17.5 Å². The maximum atomic E-state index is 12.8. The standard InChI is InChI=1S/C27H32N6O8/c1-2-3-12-41-27(40)32-21(25(37)38)13-28-24(36)18-10-8-17(9-11-18)15-33(26(39)29-14-23(34)35)16-22-30-19-6-4-5-7-20(19)31-22/h4-11,21H,2-3,12-16H2,1H3,(H,28,36)(H,29,39)(H,30,31)(H,32,40)(H,34,35)(H,37,38). The number of aromatic nitrogens is 2. The summed E-state index contributed by atoms with van der Waals surface area (Å²) in [6.45, 7) is 1.29. The number of rotatable bonds is 14. The van der Waals surface area contributed by atoms with Crippen molar-refractivity contribution in [3.8, 4) is 0 Å². The third kappa shape index (κ3) is 9.53. The summed E-state index contributed by atoms with van der Waals surface area (Å²) < 4.78 is 4.90. The number of urea groups is 1. The van der Waals surface area contributed by atoms with Gasteiger partial charge < -0.3 is 40.8 Å². The minimum absolute atomic E-state index is 0.0623. The first-order chi connectivity index (χ1) is 19.7. The number of ether oxygens (including phenoxy) is 1. The average Bonchev–Trinajstić information content (AvgIpc) is 3.36. The molecule has 0 aliphatic rings. The molecule has 4 amide bonds. The van der Waals surface area contributed by atoms with Crippen molar-refractivity contribution in [1.29, 1.82) is 0 Å². The van der Waals surface area contributed by atoms with Crippen molar-refractivity contribution in [2.24, 2.45) is 0 Å². The number of para-hydroxylation sites is 2. The second kappa shape index (κ2) is 14.9. The van der Waals surface area contributed by atoms with E-state index in [1.54, 1.807) is 12.1 Å². The molecule has 3 rings (SSSR count). The molecule has 3 aromatic rings. The third-order valence-electron chi connectivity index (χ3n) is 5.83. The normalized spacial score (nSPS) is 11.3. The van der Waals surface area contributed by atoms with Crippen LogP contribution in [0.25, 0.3) is 11.0 Å². The van der Waals surface area contributed by atoms with E-state index in [2.05, 4.69) is 25.9 Å². The highest BCUT2D eigenvalue weighted by molar-refractivity contribution is 5.94. The molecule has 0 aliphatic heterocycles. The SMILES string of the molecule is CCCCOC(=O)NC(CNC(=O)c1ccc(CN(Cc2nc3ccccc3[nH]2)C(=O)NCC(=O)O)cc1)C(=O)O. The molecule has 2 aromatic carbocycles. The van der Waals surface area contributed by atoms with Gasteiger partial charge in [-0.15, -0.1) is 0 Å². The number of fused-ring (bicyclic) bond motifs is 1. The first-order valence-electron chi connectivity index (χ1n) is 12.9. The van der Waals surface area contributed by atoms with E-state index in [-0.39, 0.29) is 31.8 Å². The van der Waals surface area contributed by atoms with Gasteiger partial charge in [0.05, 0.1) is 24.2 Å². The molecule has 1 heterocycles. The summed E-state index contributed by atoms with van der Waals surface area (Å²) in [6, 6.07) is 11.6. The molecule has 0 bridgehead atoms. The van der Waals surface area contributed by atoms with Crippen LogP contribution in [0.2, 0.25) is 0 Å². The summed E-state index contributed by atoms with van der Waals surface area (Å²) >= 11 is 0. The summed E-state index contributed by atoms with van der Waals surface area (Å²) in [4.78, 5) is 68.5. The molecule has 0 radical (unpaired) electrons. The van der Waals surface area contributed by atoms with Gasteiger partial charge in [-0.2, -0.15) is 0 Å². The predicted molar refractivity (Wildman–Crippen MR) is 146 cm³/mol. The number of benzene rings is 2. The lowest BCUT2D eigenvalue weighted by Gasteiger charge is -2.22. The lowest BCUT2D eigenvalue weighted by atomic mass is 10.1. The molecule has 0 aliphatic carbocycles. The van der Waals surface area contributed by atoms with Crippen LogP contribution < -0.4 is 16.0 Å². The minimum Gasteiger partial charge on any atom is -0.480 e. The monoisotopic (exact) mass is 568 g/mol. The number of amides is 4. The Kier molecular flexibility index (Phi) is 11.0. The maximum Gasteiger partial charge on any atom is 0.407 e. The van der Waals surface area contributed by atoms with Crippen LogP contribution in [0.5, 0.6) is 0 Å². The van der Waals surface area contributed by atoms with E-state index in [1.807, 2.05) is 31.2 Å². The summed E-state index contributed by atoms with van der Waals surface area (Å²) in [7, 11) is 0. The molecular weight excluding hydrogens is 536 g/mol. The highest BCUT2D eigenvalue weighted by Gasteiger charge is 2.22. The van der Waals surface area contributed by atoms with Gasteiger partial charge in [0.15, 0.2) is 0 Å². The number of aliphatic carboxylic acids is 2. The molecule has 1 atom stereocenters. The van der Waals surface area contributed by atoms with E-state index in [4.69, 9.17) is 9.84 Å². The van der Waals surface area contributed by atoms with Gasteiger partial charge in [-0.3, -0.25) is 9.59 Å². The Morgan fingerprint density at radius 1 is 1.00 bits per heavy atom. The number of alkyl carbamates (subject to hydrolysis) is 1. The minimum atomic E-state index is -1.39. The molecule has 41 heavy (non-hydrogen) atoms. The van der Waals surface area contributed by atoms with Crippen LogP contribution in [-0.4, -0.2) is 80.8 Å². The fourth-order valence-corrected chi connectivity index (χ4v) is 3.70. The number of H-pyrrole nitrogens is 1. The van der Waals surface area contributed by atoms with Crippen molar-refractivity contribution < 1.29 is 38.9 Å². The highest BCUT2D eigenvalue weighted by Crippen LogP contribution is 2.14. The summed E-state index contributed by atoms with van der Waals surface area (Å²) in [6.07, 6.45) is 0.564. The van der Waals surface area contributed by atoms with Crippen molar-refractivity contribution in [1.82, 2.24) is 30.8 Å². The van der Waals surface area contributed by atoms with Crippen molar-refractivity contribution >= 4 is 41.0 Å². The van der Waals surface area contributed by atoms with Gasteiger partial charge in [-0.05, 0) is 36.2 Å². The molecule has 6 N–H and O–H groups in total. The van der Waals surface area contributed by atoms with Crippen LogP contribution in [0.4, 0.5) is 9.59 Å². The molecule has 0 spiro atoms. The lowest BCUT2D eigenvalue weighted by Crippen LogP contribution is -2.48. The van der Waals surface area contributed by atoms with Gasteiger partial charge in [0.2, 0.25) is 0 Å². The molecular formula is C27H32N6O8. The summed E-state index contributed by atoms with van der Waals surface area (Å²) in [5.41, 5.74) is 2.38. The zero-order valence-corrected chi connectivity index (χ0v) is 22.4. The second-order valence-corrected chi connectivity index (χ2v) is 9.04. The number of carboxylic acids is 2. The van der Waals surface area contributed by atoms with Crippen LogP contribution in [0.15, 0.2) is 48.5 Å². The van der Waals surface area contributed by atoms with Gasteiger partial charge in [0, 0.05) is 18.7 Å². The molecule has 218 valence electrons. The zero-order chi connectivity index (χ0) is 29.8. The fraction of sp³-hybridized carbons (Fsp3) is 0.333. The van der Waals surface area contributed by atoms with Gasteiger partial charge in [-0.1, -0.05) is 37.6 Å². The van der Waals surface area contributed by atoms with Crippen molar-refractivity contribution in [2.75, 3.05) is 19.7 Å². The van der Waals surface area contributed by atoms with Crippen molar-refractivity contribution in [3.05, 3.63) is 65.5 Å². The molecule has 0 saturated heterocycles. The number of nitrogens with zero attached hydrogens (tertiary/aromatic N) is 2. The smallest absolute Gasteiger partial charge is 0.407 e. The Balaban J connectivity index is 1.62. The number of aromatic amines is 1. The molecule has 0 fully saturated rings. The number of carbonyl (C=O) groups is 5.